The summed E-state index contributed by atoms with van der Waals surface area (Å²) >= 11 is 0. The van der Waals surface area contributed by atoms with E-state index in [2.05, 4.69) is 47.0 Å². The minimum absolute atomic E-state index is 0.199. The Hall–Kier alpha value is -5.50. The molecule has 4 aromatic carbocycles. The topological polar surface area (TPSA) is 83.6 Å². The number of anilines is 2. The van der Waals surface area contributed by atoms with Crippen molar-refractivity contribution in [1.29, 1.82) is 0 Å². The van der Waals surface area contributed by atoms with E-state index in [9.17, 15) is 9.59 Å². The van der Waals surface area contributed by atoms with E-state index < -0.39 is 23.6 Å². The zero-order valence-electron chi connectivity index (χ0n) is 24.1. The first-order valence-electron chi connectivity index (χ1n) is 14.4. The molecule has 0 radical (unpaired) electrons. The average molecular weight is 587 g/mol. The molecule has 44 heavy (non-hydrogen) atoms. The number of cyclic esters (lactones) is 1. The highest BCUT2D eigenvalue weighted by Crippen LogP contribution is 2.40. The van der Waals surface area contributed by atoms with Crippen LogP contribution in [0.15, 0.2) is 128 Å². The van der Waals surface area contributed by atoms with E-state index in [1.165, 1.54) is 17.9 Å². The molecule has 2 N–H and O–H groups in total. The maximum Gasteiger partial charge on any atom is 0.414 e. The Balaban J connectivity index is 1.29. The van der Waals surface area contributed by atoms with Crippen LogP contribution in [0.2, 0.25) is 0 Å². The van der Waals surface area contributed by atoms with Crippen LogP contribution in [0.25, 0.3) is 11.1 Å². The molecule has 7 nitrogen and oxygen atoms in total. The maximum absolute atomic E-state index is 15.4. The summed E-state index contributed by atoms with van der Waals surface area (Å²) in [4.78, 5) is 29.7. The molecule has 8 heteroatoms. The Kier molecular flexibility index (Phi) is 8.06. The Morgan fingerprint density at radius 1 is 0.886 bits per heavy atom. The number of nitrogens with one attached hydrogen (secondary N) is 2. The van der Waals surface area contributed by atoms with E-state index in [1.54, 1.807) is 18.3 Å². The Morgan fingerprint density at radius 3 is 1.98 bits per heavy atom. The molecule has 1 atom stereocenters. The second-order valence-corrected chi connectivity index (χ2v) is 10.6. The van der Waals surface area contributed by atoms with E-state index >= 15 is 4.39 Å². The van der Waals surface area contributed by atoms with Gasteiger partial charge in [-0.25, -0.2) is 14.2 Å². The number of benzene rings is 4. The van der Waals surface area contributed by atoms with Crippen LogP contribution in [0.4, 0.5) is 20.7 Å². The monoisotopic (exact) mass is 586 g/mol. The quantitative estimate of drug-likeness (QED) is 0.187. The van der Waals surface area contributed by atoms with Gasteiger partial charge in [0, 0.05) is 24.2 Å². The van der Waals surface area contributed by atoms with Gasteiger partial charge in [0.2, 0.25) is 5.91 Å². The minimum Gasteiger partial charge on any atom is -0.442 e. The molecule has 0 unspecified atom stereocenters. The number of nitrogens with zero attached hydrogens (tertiary/aromatic N) is 2. The predicted molar refractivity (Wildman–Crippen MR) is 169 cm³/mol. The normalized spacial score (nSPS) is 14.6. The van der Waals surface area contributed by atoms with Crippen LogP contribution in [-0.2, 0) is 15.1 Å². The molecule has 6 rings (SSSR count). The highest BCUT2D eigenvalue weighted by molar-refractivity contribution is 5.90. The molecule has 1 saturated heterocycles. The molecule has 0 saturated carbocycles. The van der Waals surface area contributed by atoms with Crippen LogP contribution in [0.5, 0.6) is 0 Å². The van der Waals surface area contributed by atoms with Crippen molar-refractivity contribution in [3.05, 3.63) is 150 Å². The molecular formula is C36H31FN4O3. The van der Waals surface area contributed by atoms with E-state index in [4.69, 9.17) is 9.72 Å². The van der Waals surface area contributed by atoms with Crippen molar-refractivity contribution in [1.82, 2.24) is 10.3 Å². The third kappa shape index (κ3) is 5.74. The van der Waals surface area contributed by atoms with E-state index in [1.807, 2.05) is 66.7 Å². The minimum atomic E-state index is -0.743. The molecule has 220 valence electrons. The number of hydrogen-bond donors (Lipinski definition) is 2. The lowest BCUT2D eigenvalue weighted by molar-refractivity contribution is -0.119. The van der Waals surface area contributed by atoms with Crippen LogP contribution in [0.3, 0.4) is 0 Å². The lowest BCUT2D eigenvalue weighted by atomic mass is 9.77. The summed E-state index contributed by atoms with van der Waals surface area (Å²) in [5.74, 6) is -0.0849. The number of rotatable bonds is 9. The van der Waals surface area contributed by atoms with Gasteiger partial charge >= 0.3 is 6.09 Å². The Labute approximate surface area is 255 Å². The van der Waals surface area contributed by atoms with Crippen molar-refractivity contribution in [3.8, 4) is 11.1 Å². The number of aromatic nitrogens is 1. The van der Waals surface area contributed by atoms with Gasteiger partial charge in [-0.1, -0.05) is 91.0 Å². The first-order valence-corrected chi connectivity index (χ1v) is 14.4. The molecular weight excluding hydrogens is 555 g/mol. The summed E-state index contributed by atoms with van der Waals surface area (Å²) in [5.41, 5.74) is 3.73. The third-order valence-corrected chi connectivity index (χ3v) is 7.73. The fourth-order valence-electron chi connectivity index (χ4n) is 5.60. The zero-order chi connectivity index (χ0) is 30.5. The number of amides is 2. The summed E-state index contributed by atoms with van der Waals surface area (Å²) in [7, 11) is 0. The van der Waals surface area contributed by atoms with Gasteiger partial charge in [-0.05, 0) is 47.0 Å². The van der Waals surface area contributed by atoms with Gasteiger partial charge in [0.15, 0.2) is 0 Å². The summed E-state index contributed by atoms with van der Waals surface area (Å²) in [6.45, 7) is 1.81. The van der Waals surface area contributed by atoms with Gasteiger partial charge in [0.1, 0.15) is 23.3 Å². The molecule has 1 aliphatic heterocycles. The SMILES string of the molecule is CC(=O)NC[C@H]1CN(c2ccc(-c3ccc(NC(c4ccccc4)(c4ccccc4)c4ccccc4)nc3)c(F)c2)C(=O)O1. The van der Waals surface area contributed by atoms with Gasteiger partial charge in [0.05, 0.1) is 18.8 Å². The molecule has 0 bridgehead atoms. The molecule has 0 aliphatic carbocycles. The highest BCUT2D eigenvalue weighted by Gasteiger charge is 2.37. The summed E-state index contributed by atoms with van der Waals surface area (Å²) in [6.07, 6.45) is 0.552. The second-order valence-electron chi connectivity index (χ2n) is 10.6. The molecule has 1 aliphatic rings. The Morgan fingerprint density at radius 2 is 1.48 bits per heavy atom. The van der Waals surface area contributed by atoms with E-state index in [-0.39, 0.29) is 19.0 Å². The zero-order valence-corrected chi connectivity index (χ0v) is 24.1. The van der Waals surface area contributed by atoms with Crippen LogP contribution < -0.4 is 15.5 Å². The molecule has 2 amide bonds. The van der Waals surface area contributed by atoms with Crippen molar-refractivity contribution in [2.45, 2.75) is 18.6 Å². The standard InChI is InChI=1S/C36H31FN4O3/c1-25(42)38-23-31-24-41(35(43)44-31)30-18-19-32(33(37)21-30)26-17-20-34(39-22-26)40-36(27-11-5-2-6-12-27,28-13-7-3-8-14-28)29-15-9-4-10-16-29/h2-22,31H,23-24H2,1H3,(H,38,42)(H,39,40)/t31-/m0/s1. The van der Waals surface area contributed by atoms with Crippen LogP contribution in [0.1, 0.15) is 23.6 Å². The van der Waals surface area contributed by atoms with Crippen molar-refractivity contribution in [3.63, 3.8) is 0 Å². The van der Waals surface area contributed by atoms with E-state index in [0.29, 0.717) is 22.6 Å². The first-order chi connectivity index (χ1) is 21.4. The van der Waals surface area contributed by atoms with Gasteiger partial charge in [-0.15, -0.1) is 0 Å². The molecule has 0 spiro atoms. The third-order valence-electron chi connectivity index (χ3n) is 7.73. The van der Waals surface area contributed by atoms with Gasteiger partial charge in [-0.2, -0.15) is 0 Å². The predicted octanol–water partition coefficient (Wildman–Crippen LogP) is 6.75. The summed E-state index contributed by atoms with van der Waals surface area (Å²) in [5, 5.41) is 6.36. The molecule has 5 aromatic rings. The number of halogens is 1. The van der Waals surface area contributed by atoms with Gasteiger partial charge in [0.25, 0.3) is 0 Å². The molecule has 1 fully saturated rings. The van der Waals surface area contributed by atoms with Gasteiger partial charge in [-0.3, -0.25) is 9.69 Å². The van der Waals surface area contributed by atoms with Crippen molar-refractivity contribution < 1.29 is 18.7 Å². The van der Waals surface area contributed by atoms with Crippen LogP contribution in [0, 0.1) is 5.82 Å². The molecule has 2 heterocycles. The Bertz CT molecular complexity index is 1650. The second kappa shape index (κ2) is 12.4. The lowest BCUT2D eigenvalue weighted by Gasteiger charge is -2.37. The number of hydrogen-bond acceptors (Lipinski definition) is 5. The number of carbonyl (C=O) groups excluding carboxylic acids is 2. The van der Waals surface area contributed by atoms with Crippen molar-refractivity contribution in [2.24, 2.45) is 0 Å². The van der Waals surface area contributed by atoms with Crippen LogP contribution in [-0.4, -0.2) is 36.2 Å². The van der Waals surface area contributed by atoms with E-state index in [0.717, 1.165) is 16.7 Å². The average Bonchev–Trinajstić information content (AvgIpc) is 3.44. The number of pyridine rings is 1. The summed E-state index contributed by atoms with van der Waals surface area (Å²) < 4.78 is 20.7. The van der Waals surface area contributed by atoms with Crippen molar-refractivity contribution >= 4 is 23.5 Å². The smallest absolute Gasteiger partial charge is 0.414 e. The van der Waals surface area contributed by atoms with Crippen molar-refractivity contribution in [2.75, 3.05) is 23.3 Å². The number of carbonyl (C=O) groups is 2. The highest BCUT2D eigenvalue weighted by atomic mass is 19.1. The number of ether oxygens (including phenoxy) is 1. The molecule has 1 aromatic heterocycles. The largest absolute Gasteiger partial charge is 0.442 e. The fraction of sp³-hybridized carbons (Fsp3) is 0.139. The van der Waals surface area contributed by atoms with Gasteiger partial charge < -0.3 is 15.4 Å². The van der Waals surface area contributed by atoms with Crippen LogP contribution >= 0.6 is 0 Å². The fourth-order valence-corrected chi connectivity index (χ4v) is 5.60. The summed E-state index contributed by atoms with van der Waals surface area (Å²) in [6, 6.07) is 39.0. The maximum atomic E-state index is 15.4. The first kappa shape index (κ1) is 28.6. The lowest BCUT2D eigenvalue weighted by Crippen LogP contribution is -2.38.